The highest BCUT2D eigenvalue weighted by Gasteiger charge is 2.39. The number of hydrogen-bond donors (Lipinski definition) is 0. The summed E-state index contributed by atoms with van der Waals surface area (Å²) in [5, 5.41) is 0. The van der Waals surface area contributed by atoms with Crippen LogP contribution >= 0.6 is 0 Å². The number of nitrogens with zero attached hydrogens (tertiary/aromatic N) is 2. The van der Waals surface area contributed by atoms with Crippen LogP contribution in [0.25, 0.3) is 0 Å². The molecule has 3 aliphatic rings. The van der Waals surface area contributed by atoms with Gasteiger partial charge in [0.1, 0.15) is 0 Å². The molecule has 0 radical (unpaired) electrons. The minimum atomic E-state index is 0.650. The van der Waals surface area contributed by atoms with Gasteiger partial charge < -0.3 is 4.90 Å². The monoisotopic (exact) mass is 326 g/mol. The van der Waals surface area contributed by atoms with Crippen LogP contribution in [0.3, 0.4) is 0 Å². The quantitative estimate of drug-likeness (QED) is 0.779. The maximum atomic E-state index is 2.85. The van der Waals surface area contributed by atoms with Gasteiger partial charge in [-0.05, 0) is 76.2 Å². The highest BCUT2D eigenvalue weighted by Crippen LogP contribution is 2.42. The van der Waals surface area contributed by atoms with E-state index in [4.69, 9.17) is 0 Å². The van der Waals surface area contributed by atoms with Crippen LogP contribution in [0.1, 0.15) is 69.4 Å². The Bertz CT molecular complexity index is 488. The molecule has 2 heteroatoms. The summed E-state index contributed by atoms with van der Waals surface area (Å²) < 4.78 is 0. The van der Waals surface area contributed by atoms with Gasteiger partial charge in [0, 0.05) is 12.1 Å². The molecule has 2 aliphatic heterocycles. The average molecular weight is 327 g/mol. The molecule has 4 rings (SSSR count). The first-order valence-electron chi connectivity index (χ1n) is 10.5. The minimum Gasteiger partial charge on any atom is -0.300 e. The van der Waals surface area contributed by atoms with Crippen LogP contribution in [0.4, 0.5) is 0 Å². The Morgan fingerprint density at radius 3 is 2.12 bits per heavy atom. The molecule has 0 spiro atoms. The van der Waals surface area contributed by atoms with Crippen LogP contribution in [0.2, 0.25) is 0 Å². The van der Waals surface area contributed by atoms with E-state index in [-0.39, 0.29) is 0 Å². The second kappa shape index (κ2) is 8.01. The summed E-state index contributed by atoms with van der Waals surface area (Å²) in [6, 6.07) is 12.9. The SMILES string of the molecule is c1ccc(C(C2CCCCC2N2CCCC2)N2CCCCC2)cc1. The third-order valence-electron chi connectivity index (χ3n) is 6.72. The van der Waals surface area contributed by atoms with Gasteiger partial charge in [-0.1, -0.05) is 49.6 Å². The molecule has 1 aromatic rings. The molecular weight excluding hydrogens is 292 g/mol. The summed E-state index contributed by atoms with van der Waals surface area (Å²) in [4.78, 5) is 5.70. The van der Waals surface area contributed by atoms with Gasteiger partial charge in [0.05, 0.1) is 0 Å². The highest BCUT2D eigenvalue weighted by atomic mass is 15.2. The van der Waals surface area contributed by atoms with E-state index in [1.165, 1.54) is 84.0 Å². The van der Waals surface area contributed by atoms with E-state index in [1.807, 2.05) is 0 Å². The highest BCUT2D eigenvalue weighted by molar-refractivity contribution is 5.21. The van der Waals surface area contributed by atoms with Crippen molar-refractivity contribution in [1.29, 1.82) is 0 Å². The van der Waals surface area contributed by atoms with Gasteiger partial charge in [-0.2, -0.15) is 0 Å². The molecule has 1 saturated carbocycles. The fourth-order valence-electron chi connectivity index (χ4n) is 5.61. The number of hydrogen-bond acceptors (Lipinski definition) is 2. The predicted octanol–water partition coefficient (Wildman–Crippen LogP) is 4.87. The molecule has 2 nitrogen and oxygen atoms in total. The lowest BCUT2D eigenvalue weighted by molar-refractivity contribution is 0.0355. The lowest BCUT2D eigenvalue weighted by Crippen LogP contribution is -2.48. The summed E-state index contributed by atoms with van der Waals surface area (Å²) in [5.41, 5.74) is 1.58. The molecule has 1 aliphatic carbocycles. The van der Waals surface area contributed by atoms with Gasteiger partial charge in [-0.15, -0.1) is 0 Å². The summed E-state index contributed by atoms with van der Waals surface area (Å²) in [5.74, 6) is 0.831. The zero-order valence-corrected chi connectivity index (χ0v) is 15.2. The second-order valence-electron chi connectivity index (χ2n) is 8.21. The van der Waals surface area contributed by atoms with Gasteiger partial charge in [-0.25, -0.2) is 0 Å². The smallest absolute Gasteiger partial charge is 0.0391 e. The third-order valence-corrected chi connectivity index (χ3v) is 6.72. The van der Waals surface area contributed by atoms with Crippen molar-refractivity contribution < 1.29 is 0 Å². The van der Waals surface area contributed by atoms with Crippen molar-refractivity contribution in [2.24, 2.45) is 5.92 Å². The van der Waals surface area contributed by atoms with Crippen LogP contribution in [0.15, 0.2) is 30.3 Å². The molecule has 3 atom stereocenters. The van der Waals surface area contributed by atoms with Crippen LogP contribution in [-0.4, -0.2) is 42.0 Å². The predicted molar refractivity (Wildman–Crippen MR) is 101 cm³/mol. The summed E-state index contributed by atoms with van der Waals surface area (Å²) in [6.45, 7) is 5.32. The van der Waals surface area contributed by atoms with Gasteiger partial charge in [0.2, 0.25) is 0 Å². The van der Waals surface area contributed by atoms with Crippen LogP contribution < -0.4 is 0 Å². The molecule has 132 valence electrons. The van der Waals surface area contributed by atoms with E-state index in [0.29, 0.717) is 6.04 Å². The topological polar surface area (TPSA) is 6.48 Å². The zero-order valence-electron chi connectivity index (χ0n) is 15.2. The molecule has 2 heterocycles. The lowest BCUT2D eigenvalue weighted by atomic mass is 9.75. The maximum absolute atomic E-state index is 2.85. The van der Waals surface area contributed by atoms with Gasteiger partial charge in [-0.3, -0.25) is 4.90 Å². The Kier molecular flexibility index (Phi) is 5.54. The van der Waals surface area contributed by atoms with Crippen LogP contribution in [0.5, 0.6) is 0 Å². The van der Waals surface area contributed by atoms with Crippen molar-refractivity contribution in [1.82, 2.24) is 9.80 Å². The van der Waals surface area contributed by atoms with E-state index < -0.39 is 0 Å². The molecular formula is C22H34N2. The molecule has 24 heavy (non-hydrogen) atoms. The Morgan fingerprint density at radius 1 is 0.708 bits per heavy atom. The Morgan fingerprint density at radius 2 is 1.38 bits per heavy atom. The van der Waals surface area contributed by atoms with Crippen LogP contribution in [0, 0.1) is 5.92 Å². The Balaban J connectivity index is 1.62. The van der Waals surface area contributed by atoms with Crippen molar-refractivity contribution in [3.05, 3.63) is 35.9 Å². The molecule has 3 fully saturated rings. The van der Waals surface area contributed by atoms with Crippen molar-refractivity contribution in [3.8, 4) is 0 Å². The molecule has 1 aromatic carbocycles. The minimum absolute atomic E-state index is 0.650. The number of benzene rings is 1. The first-order chi connectivity index (χ1) is 11.9. The Hall–Kier alpha value is -0.860. The normalized spacial score (nSPS) is 31.2. The van der Waals surface area contributed by atoms with E-state index in [9.17, 15) is 0 Å². The molecule has 0 amide bonds. The van der Waals surface area contributed by atoms with Crippen LogP contribution in [-0.2, 0) is 0 Å². The van der Waals surface area contributed by atoms with Gasteiger partial charge in [0.15, 0.2) is 0 Å². The molecule has 0 aromatic heterocycles. The molecule has 3 unspecified atom stereocenters. The van der Waals surface area contributed by atoms with E-state index in [2.05, 4.69) is 40.1 Å². The maximum Gasteiger partial charge on any atom is 0.0391 e. The zero-order chi connectivity index (χ0) is 16.2. The van der Waals surface area contributed by atoms with E-state index in [1.54, 1.807) is 5.56 Å². The fraction of sp³-hybridized carbons (Fsp3) is 0.727. The average Bonchev–Trinajstić information content (AvgIpc) is 3.19. The summed E-state index contributed by atoms with van der Waals surface area (Å²) in [6.07, 6.45) is 12.8. The standard InChI is InChI=1S/C22H34N2/c1-3-11-19(12-4-1)22(24-17-7-2-8-18-24)20-13-5-6-14-21(20)23-15-9-10-16-23/h1,3-4,11-12,20-22H,2,5-10,13-18H2. The number of likely N-dealkylation sites (tertiary alicyclic amines) is 2. The van der Waals surface area contributed by atoms with Crippen molar-refractivity contribution in [3.63, 3.8) is 0 Å². The van der Waals surface area contributed by atoms with E-state index >= 15 is 0 Å². The summed E-state index contributed by atoms with van der Waals surface area (Å²) >= 11 is 0. The molecule has 2 saturated heterocycles. The Labute approximate surface area is 148 Å². The fourth-order valence-corrected chi connectivity index (χ4v) is 5.61. The van der Waals surface area contributed by atoms with E-state index in [0.717, 1.165) is 12.0 Å². The number of piperidine rings is 1. The molecule has 0 bridgehead atoms. The van der Waals surface area contributed by atoms with Crippen molar-refractivity contribution in [2.75, 3.05) is 26.2 Å². The largest absolute Gasteiger partial charge is 0.300 e. The summed E-state index contributed by atoms with van der Waals surface area (Å²) in [7, 11) is 0. The first-order valence-corrected chi connectivity index (χ1v) is 10.5. The lowest BCUT2D eigenvalue weighted by Gasteiger charge is -2.47. The second-order valence-corrected chi connectivity index (χ2v) is 8.21. The first kappa shape index (κ1) is 16.6. The van der Waals surface area contributed by atoms with Gasteiger partial charge >= 0.3 is 0 Å². The third kappa shape index (κ3) is 3.55. The van der Waals surface area contributed by atoms with Crippen molar-refractivity contribution >= 4 is 0 Å². The van der Waals surface area contributed by atoms with Crippen molar-refractivity contribution in [2.45, 2.75) is 69.9 Å². The van der Waals surface area contributed by atoms with Gasteiger partial charge in [0.25, 0.3) is 0 Å². The number of rotatable bonds is 4. The molecule has 0 N–H and O–H groups in total.